The van der Waals surface area contributed by atoms with E-state index in [-0.39, 0.29) is 18.4 Å². The Labute approximate surface area is 185 Å². The Morgan fingerprint density at radius 3 is 2.41 bits per heavy atom. The van der Waals surface area contributed by atoms with Crippen LogP contribution in [0.15, 0.2) is 53.3 Å². The van der Waals surface area contributed by atoms with Crippen LogP contribution >= 0.6 is 0 Å². The summed E-state index contributed by atoms with van der Waals surface area (Å²) in [6.07, 6.45) is 0. The standard InChI is InChI=1S/C24H25FN4O3/c1-14(2)24(32)27-21-12-17(6-5-15(21)3)20-9-10-23(31)29(28-20)13-22(30)26-19-8-7-18(25)11-16(19)4/h5-12,14H,13H2,1-4H3,(H,26,30)(H,27,32). The number of rotatable bonds is 6. The van der Waals surface area contributed by atoms with Gasteiger partial charge in [0.25, 0.3) is 5.56 Å². The third-order valence-electron chi connectivity index (χ3n) is 4.94. The number of aromatic nitrogens is 2. The molecule has 0 aliphatic carbocycles. The van der Waals surface area contributed by atoms with E-state index in [9.17, 15) is 18.8 Å². The SMILES string of the molecule is Cc1cc(F)ccc1NC(=O)Cn1nc(-c2ccc(C)c(NC(=O)C(C)C)c2)ccc1=O. The molecule has 3 aromatic rings. The molecule has 32 heavy (non-hydrogen) atoms. The second kappa shape index (κ2) is 9.55. The van der Waals surface area contributed by atoms with E-state index in [4.69, 9.17) is 0 Å². The lowest BCUT2D eigenvalue weighted by atomic mass is 10.1. The molecule has 0 saturated carbocycles. The first-order valence-corrected chi connectivity index (χ1v) is 10.2. The summed E-state index contributed by atoms with van der Waals surface area (Å²) >= 11 is 0. The second-order valence-corrected chi connectivity index (χ2v) is 7.90. The van der Waals surface area contributed by atoms with Crippen molar-refractivity contribution in [1.29, 1.82) is 0 Å². The zero-order valence-corrected chi connectivity index (χ0v) is 18.4. The smallest absolute Gasteiger partial charge is 0.267 e. The molecule has 0 atom stereocenters. The predicted octanol–water partition coefficient (Wildman–Crippen LogP) is 3.90. The molecule has 1 aromatic heterocycles. The van der Waals surface area contributed by atoms with Crippen LogP contribution < -0.4 is 16.2 Å². The van der Waals surface area contributed by atoms with E-state index < -0.39 is 17.3 Å². The van der Waals surface area contributed by atoms with Gasteiger partial charge in [-0.2, -0.15) is 5.10 Å². The van der Waals surface area contributed by atoms with Gasteiger partial charge >= 0.3 is 0 Å². The monoisotopic (exact) mass is 436 g/mol. The quantitative estimate of drug-likeness (QED) is 0.613. The molecule has 0 aliphatic heterocycles. The molecule has 0 unspecified atom stereocenters. The van der Waals surface area contributed by atoms with Gasteiger partial charge in [0.05, 0.1) is 5.69 Å². The summed E-state index contributed by atoms with van der Waals surface area (Å²) in [7, 11) is 0. The summed E-state index contributed by atoms with van der Waals surface area (Å²) in [4.78, 5) is 36.8. The first-order valence-electron chi connectivity index (χ1n) is 10.2. The van der Waals surface area contributed by atoms with E-state index in [2.05, 4.69) is 15.7 Å². The molecule has 166 valence electrons. The molecule has 3 rings (SSSR count). The van der Waals surface area contributed by atoms with E-state index in [0.29, 0.717) is 28.2 Å². The van der Waals surface area contributed by atoms with E-state index >= 15 is 0 Å². The van der Waals surface area contributed by atoms with Crippen LogP contribution in [0.4, 0.5) is 15.8 Å². The van der Waals surface area contributed by atoms with Gasteiger partial charge in [-0.05, 0) is 55.3 Å². The van der Waals surface area contributed by atoms with E-state index in [1.54, 1.807) is 19.1 Å². The van der Waals surface area contributed by atoms with Gasteiger partial charge in [-0.1, -0.05) is 26.0 Å². The van der Waals surface area contributed by atoms with Crippen LogP contribution in [-0.4, -0.2) is 21.6 Å². The number of carbonyl (C=O) groups is 2. The molecule has 0 saturated heterocycles. The minimum Gasteiger partial charge on any atom is -0.326 e. The van der Waals surface area contributed by atoms with Gasteiger partial charge in [0.2, 0.25) is 11.8 Å². The normalized spacial score (nSPS) is 10.8. The fraction of sp³-hybridized carbons (Fsp3) is 0.250. The van der Waals surface area contributed by atoms with E-state index in [1.807, 2.05) is 32.9 Å². The number of hydrogen-bond acceptors (Lipinski definition) is 4. The molecule has 0 radical (unpaired) electrons. The van der Waals surface area contributed by atoms with Crippen LogP contribution in [0.25, 0.3) is 11.3 Å². The van der Waals surface area contributed by atoms with Crippen molar-refractivity contribution in [3.63, 3.8) is 0 Å². The Kier molecular flexibility index (Phi) is 6.82. The van der Waals surface area contributed by atoms with Crippen LogP contribution in [0, 0.1) is 25.6 Å². The molecular formula is C24H25FN4O3. The molecule has 2 amide bonds. The van der Waals surface area contributed by atoms with Crippen LogP contribution in [-0.2, 0) is 16.1 Å². The number of hydrogen-bond donors (Lipinski definition) is 2. The Morgan fingerprint density at radius 1 is 0.969 bits per heavy atom. The Bertz CT molecular complexity index is 1230. The van der Waals surface area contributed by atoms with Gasteiger partial charge in [0.15, 0.2) is 0 Å². The number of anilines is 2. The van der Waals surface area contributed by atoms with Gasteiger partial charge in [-0.15, -0.1) is 0 Å². The first kappa shape index (κ1) is 22.9. The summed E-state index contributed by atoms with van der Waals surface area (Å²) in [5.74, 6) is -1.12. The van der Waals surface area contributed by atoms with Gasteiger partial charge in [-0.3, -0.25) is 14.4 Å². The zero-order valence-electron chi connectivity index (χ0n) is 18.4. The molecule has 2 N–H and O–H groups in total. The van der Waals surface area contributed by atoms with Gasteiger partial charge < -0.3 is 10.6 Å². The minimum atomic E-state index is -0.458. The predicted molar refractivity (Wildman–Crippen MR) is 122 cm³/mol. The second-order valence-electron chi connectivity index (χ2n) is 7.90. The summed E-state index contributed by atoms with van der Waals surface area (Å²) in [5, 5.41) is 9.87. The molecule has 2 aromatic carbocycles. The summed E-state index contributed by atoms with van der Waals surface area (Å²) in [6.45, 7) is 6.88. The molecule has 0 spiro atoms. The molecular weight excluding hydrogens is 411 g/mol. The Morgan fingerprint density at radius 2 is 1.72 bits per heavy atom. The third-order valence-corrected chi connectivity index (χ3v) is 4.94. The van der Waals surface area contributed by atoms with Crippen molar-refractivity contribution in [3.05, 3.63) is 75.8 Å². The van der Waals surface area contributed by atoms with Crippen molar-refractivity contribution in [2.24, 2.45) is 5.92 Å². The average Bonchev–Trinajstić information content (AvgIpc) is 2.73. The van der Waals surface area contributed by atoms with Gasteiger partial charge in [-0.25, -0.2) is 9.07 Å². The molecule has 1 heterocycles. The third kappa shape index (κ3) is 5.46. The lowest BCUT2D eigenvalue weighted by Crippen LogP contribution is -2.29. The summed E-state index contributed by atoms with van der Waals surface area (Å²) in [5.41, 5.74) is 3.33. The summed E-state index contributed by atoms with van der Waals surface area (Å²) < 4.78 is 14.3. The molecule has 7 nitrogen and oxygen atoms in total. The lowest BCUT2D eigenvalue weighted by Gasteiger charge is -2.13. The Hall–Kier alpha value is -3.81. The van der Waals surface area contributed by atoms with Crippen LogP contribution in [0.2, 0.25) is 0 Å². The van der Waals surface area contributed by atoms with Crippen molar-refractivity contribution in [1.82, 2.24) is 9.78 Å². The van der Waals surface area contributed by atoms with Crippen molar-refractivity contribution in [2.45, 2.75) is 34.2 Å². The summed E-state index contributed by atoms with van der Waals surface area (Å²) in [6, 6.07) is 12.4. The molecule has 0 fully saturated rings. The zero-order chi connectivity index (χ0) is 23.4. The fourth-order valence-corrected chi connectivity index (χ4v) is 3.00. The molecule has 8 heteroatoms. The topological polar surface area (TPSA) is 93.1 Å². The molecule has 0 aliphatic rings. The first-order chi connectivity index (χ1) is 15.1. The fourth-order valence-electron chi connectivity index (χ4n) is 3.00. The van der Waals surface area contributed by atoms with Crippen LogP contribution in [0.1, 0.15) is 25.0 Å². The van der Waals surface area contributed by atoms with Crippen molar-refractivity contribution >= 4 is 23.2 Å². The maximum atomic E-state index is 13.3. The highest BCUT2D eigenvalue weighted by atomic mass is 19.1. The van der Waals surface area contributed by atoms with Crippen LogP contribution in [0.3, 0.4) is 0 Å². The van der Waals surface area contributed by atoms with E-state index in [0.717, 1.165) is 10.2 Å². The number of amides is 2. The number of nitrogens with zero attached hydrogens (tertiary/aromatic N) is 2. The maximum Gasteiger partial charge on any atom is 0.267 e. The van der Waals surface area contributed by atoms with Crippen molar-refractivity contribution < 1.29 is 14.0 Å². The number of carbonyl (C=O) groups excluding carboxylic acids is 2. The highest BCUT2D eigenvalue weighted by Crippen LogP contribution is 2.24. The number of nitrogens with one attached hydrogen (secondary N) is 2. The van der Waals surface area contributed by atoms with Gasteiger partial charge in [0, 0.05) is 28.9 Å². The largest absolute Gasteiger partial charge is 0.326 e. The number of halogens is 1. The molecule has 0 bridgehead atoms. The van der Waals surface area contributed by atoms with E-state index in [1.165, 1.54) is 24.3 Å². The lowest BCUT2D eigenvalue weighted by molar-refractivity contribution is -0.119. The maximum absolute atomic E-state index is 13.3. The highest BCUT2D eigenvalue weighted by Gasteiger charge is 2.13. The van der Waals surface area contributed by atoms with Crippen LogP contribution in [0.5, 0.6) is 0 Å². The van der Waals surface area contributed by atoms with Crippen molar-refractivity contribution in [2.75, 3.05) is 10.6 Å². The number of aryl methyl sites for hydroxylation is 2. The number of benzene rings is 2. The Balaban J connectivity index is 1.83. The highest BCUT2D eigenvalue weighted by molar-refractivity contribution is 5.93. The average molecular weight is 436 g/mol. The minimum absolute atomic E-state index is 0.101. The van der Waals surface area contributed by atoms with Crippen molar-refractivity contribution in [3.8, 4) is 11.3 Å². The van der Waals surface area contributed by atoms with Gasteiger partial charge in [0.1, 0.15) is 12.4 Å².